The van der Waals surface area contributed by atoms with Crippen molar-refractivity contribution in [3.63, 3.8) is 0 Å². The average molecular weight is 845 g/mol. The van der Waals surface area contributed by atoms with Gasteiger partial charge in [0, 0.05) is 58.9 Å². The third-order valence-corrected chi connectivity index (χ3v) is 7.82. The Hall–Kier alpha value is -5.87. The highest BCUT2D eigenvalue weighted by Crippen LogP contribution is 2.32. The van der Waals surface area contributed by atoms with Crippen molar-refractivity contribution in [3.8, 4) is 23.0 Å². The minimum atomic E-state index is -2.07. The number of nitrogens with zero attached hydrogens (tertiary/aromatic N) is 4. The molecule has 17 heteroatoms. The predicted octanol–water partition coefficient (Wildman–Crippen LogP) is 11.1. The largest absolute Gasteiger partial charge is 0.457 e. The van der Waals surface area contributed by atoms with E-state index in [-0.39, 0.29) is 24.2 Å². The van der Waals surface area contributed by atoms with Crippen LogP contribution in [0.1, 0.15) is 46.0 Å². The number of hydrogen-bond acceptors (Lipinski definition) is 10. The maximum absolute atomic E-state index is 12.4. The van der Waals surface area contributed by atoms with Gasteiger partial charge in [0.15, 0.2) is 0 Å². The molecule has 0 radical (unpaired) electrons. The van der Waals surface area contributed by atoms with Gasteiger partial charge in [0.1, 0.15) is 34.5 Å². The number of anilines is 1. The highest BCUT2D eigenvalue weighted by Gasteiger charge is 2.18. The molecule has 58 heavy (non-hydrogen) atoms. The van der Waals surface area contributed by atoms with Crippen LogP contribution in [0, 0.1) is 31.9 Å². The Balaban J connectivity index is 0.000000220. The normalized spacial score (nSPS) is 12.7. The molecule has 5 aromatic carbocycles. The van der Waals surface area contributed by atoms with Gasteiger partial charge in [0.05, 0.1) is 38.4 Å². The van der Waals surface area contributed by atoms with Crippen LogP contribution >= 0.6 is 23.2 Å². The van der Waals surface area contributed by atoms with Crippen LogP contribution in [0.25, 0.3) is 11.0 Å². The number of aromatic nitrogens is 2. The monoisotopic (exact) mass is 843 g/mol. The zero-order chi connectivity index (χ0) is 46.2. The van der Waals surface area contributed by atoms with Gasteiger partial charge in [0.25, 0.3) is 5.69 Å². The first-order chi connectivity index (χ1) is 28.7. The van der Waals surface area contributed by atoms with Crippen molar-refractivity contribution in [3.05, 3.63) is 151 Å². The van der Waals surface area contributed by atoms with E-state index < -0.39 is 51.4 Å². The summed E-state index contributed by atoms with van der Waals surface area (Å²) in [5, 5.41) is 44.7. The number of aliphatic hydroxyl groups is 2. The molecule has 0 unspecified atom stereocenters. The van der Waals surface area contributed by atoms with Gasteiger partial charge in [-0.05, 0) is 113 Å². The number of rotatable bonds is 13. The lowest BCUT2D eigenvalue weighted by atomic mass is 10.1. The van der Waals surface area contributed by atoms with Gasteiger partial charge in [-0.1, -0.05) is 23.2 Å². The number of ether oxygens (including phenoxy) is 2. The van der Waals surface area contributed by atoms with E-state index in [0.717, 1.165) is 12.1 Å². The van der Waals surface area contributed by atoms with Crippen LogP contribution in [0.5, 0.6) is 23.0 Å². The summed E-state index contributed by atoms with van der Waals surface area (Å²) < 4.78 is 70.0. The molecule has 6 rings (SSSR count). The minimum absolute atomic E-state index is 0.0456. The highest BCUT2D eigenvalue weighted by atomic mass is 35.5. The molecular formula is C41H41Cl2F2N5O8. The van der Waals surface area contributed by atoms with Crippen molar-refractivity contribution >= 4 is 51.3 Å². The van der Waals surface area contributed by atoms with Crippen molar-refractivity contribution < 1.29 is 43.8 Å². The summed E-state index contributed by atoms with van der Waals surface area (Å²) in [7, 11) is 0. The summed E-state index contributed by atoms with van der Waals surface area (Å²) in [5.74, 6) is -0.0127. The van der Waals surface area contributed by atoms with Gasteiger partial charge in [-0.3, -0.25) is 20.2 Å². The molecule has 0 atom stereocenters. The zero-order valence-corrected chi connectivity index (χ0v) is 33.0. The lowest BCUT2D eigenvalue weighted by molar-refractivity contribution is -0.387. The van der Waals surface area contributed by atoms with E-state index in [2.05, 4.69) is 10.3 Å². The van der Waals surface area contributed by atoms with Gasteiger partial charge in [-0.2, -0.15) is 4.39 Å². The number of hydrogen-bond donors (Lipinski definition) is 3. The Morgan fingerprint density at radius 1 is 0.741 bits per heavy atom. The Kier molecular flexibility index (Phi) is 13.4. The van der Waals surface area contributed by atoms with Gasteiger partial charge >= 0.3 is 5.69 Å². The van der Waals surface area contributed by atoms with E-state index in [1.54, 1.807) is 80.6 Å². The molecule has 0 aliphatic carbocycles. The maximum atomic E-state index is 12.4. The standard InChI is InChI=1S/C18H19ClN2O2.C17H19ClN2O4.C6H3F2NO2/c1-18(2,22)9-10-21-12-20-16-8-7-15(11-17(16)21)23-14-5-3-13(19)4-6-14;1-17(2,21)9-10-19-15-11-14(7-8-16(15)20(22)23)24-13-5-3-12(18)4-6-13;7-4-1-2-6(9(10)11)5(8)3-4/h3-8,11-12,22H,9-10H2,1-2H3;3-8,11,19,21H,9-10H2,1-2H3;1-3H/i2*10D2;. The highest BCUT2D eigenvalue weighted by molar-refractivity contribution is 6.30. The Morgan fingerprint density at radius 2 is 1.24 bits per heavy atom. The molecule has 0 saturated carbocycles. The molecule has 0 amide bonds. The van der Waals surface area contributed by atoms with E-state index in [1.165, 1.54) is 42.9 Å². The van der Waals surface area contributed by atoms with Crippen LogP contribution in [0.15, 0.2) is 109 Å². The lowest BCUT2D eigenvalue weighted by Gasteiger charge is -2.17. The number of nitrogens with one attached hydrogen (secondary N) is 1. The molecule has 0 bridgehead atoms. The smallest absolute Gasteiger partial charge is 0.304 e. The van der Waals surface area contributed by atoms with Crippen molar-refractivity contribution in [2.75, 3.05) is 11.8 Å². The third-order valence-electron chi connectivity index (χ3n) is 7.31. The third kappa shape index (κ3) is 14.6. The summed E-state index contributed by atoms with van der Waals surface area (Å²) in [4.78, 5) is 23.9. The lowest BCUT2D eigenvalue weighted by Crippen LogP contribution is -2.22. The molecule has 3 N–H and O–H groups in total. The number of aryl methyl sites for hydroxylation is 1. The topological polar surface area (TPSA) is 175 Å². The first kappa shape index (κ1) is 39.0. The van der Waals surface area contributed by atoms with Crippen LogP contribution in [-0.4, -0.2) is 47.3 Å². The number of halogens is 4. The van der Waals surface area contributed by atoms with Crippen LogP contribution in [0.4, 0.5) is 25.8 Å². The predicted molar refractivity (Wildman–Crippen MR) is 219 cm³/mol. The molecule has 0 spiro atoms. The summed E-state index contributed by atoms with van der Waals surface area (Å²) in [6.45, 7) is 2.23. The second kappa shape index (κ2) is 20.0. The molecule has 1 heterocycles. The number of nitro benzene ring substituents is 2. The van der Waals surface area contributed by atoms with E-state index in [1.807, 2.05) is 0 Å². The first-order valence-corrected chi connectivity index (χ1v) is 17.9. The minimum Gasteiger partial charge on any atom is -0.457 e. The quantitative estimate of drug-likeness (QED) is 0.0749. The molecule has 6 aromatic rings. The molecule has 0 fully saturated rings. The molecule has 0 aliphatic rings. The molecular weight excluding hydrogens is 799 g/mol. The SMILES string of the molecule is O=[N+]([O-])c1ccc(F)cc1F.[2H]C([2H])(CC(C)(C)O)Nc1cc(Oc2ccc(Cl)cc2)ccc1[N+](=O)[O-].[2H]C([2H])(CC(C)(C)O)n1cnc2ccc(Oc3ccc(Cl)cc3)cc21. The zero-order valence-electron chi connectivity index (χ0n) is 35.5. The van der Waals surface area contributed by atoms with Crippen LogP contribution in [0.3, 0.4) is 0 Å². The van der Waals surface area contributed by atoms with E-state index >= 15 is 0 Å². The molecule has 0 aliphatic heterocycles. The molecule has 1 aromatic heterocycles. The number of benzene rings is 5. The van der Waals surface area contributed by atoms with Crippen molar-refractivity contribution in [1.82, 2.24) is 9.55 Å². The summed E-state index contributed by atoms with van der Waals surface area (Å²) in [6, 6.07) is 24.9. The van der Waals surface area contributed by atoms with Gasteiger partial charge in [0.2, 0.25) is 5.82 Å². The van der Waals surface area contributed by atoms with Crippen LogP contribution < -0.4 is 14.8 Å². The van der Waals surface area contributed by atoms with Crippen molar-refractivity contribution in [2.24, 2.45) is 0 Å². The summed E-state index contributed by atoms with van der Waals surface area (Å²) >= 11 is 11.7. The van der Waals surface area contributed by atoms with E-state index in [9.17, 15) is 39.2 Å². The average Bonchev–Trinajstić information content (AvgIpc) is 3.56. The fourth-order valence-electron chi connectivity index (χ4n) is 4.56. The fraction of sp³-hybridized carbons (Fsp3) is 0.244. The summed E-state index contributed by atoms with van der Waals surface area (Å²) in [6.07, 6.45) is 1.12. The maximum Gasteiger partial charge on any atom is 0.304 e. The Bertz CT molecular complexity index is 2500. The molecule has 306 valence electrons. The molecule has 13 nitrogen and oxygen atoms in total. The Morgan fingerprint density at radius 3 is 1.76 bits per heavy atom. The number of nitro groups is 2. The number of fused-ring (bicyclic) bond motifs is 1. The van der Waals surface area contributed by atoms with Crippen molar-refractivity contribution in [2.45, 2.75) is 58.2 Å². The van der Waals surface area contributed by atoms with Gasteiger partial charge < -0.3 is 29.6 Å². The Labute approximate surface area is 348 Å². The summed E-state index contributed by atoms with van der Waals surface area (Å²) in [5.41, 5.74) is -2.24. The number of imidazole rings is 1. The van der Waals surface area contributed by atoms with Crippen LogP contribution in [0.2, 0.25) is 10.0 Å². The van der Waals surface area contributed by atoms with Gasteiger partial charge in [-0.25, -0.2) is 9.37 Å². The second-order valence-electron chi connectivity index (χ2n) is 13.6. The van der Waals surface area contributed by atoms with Crippen molar-refractivity contribution in [1.29, 1.82) is 0 Å². The fourth-order valence-corrected chi connectivity index (χ4v) is 4.81. The first-order valence-electron chi connectivity index (χ1n) is 19.2. The van der Waals surface area contributed by atoms with Crippen LogP contribution in [-0.2, 0) is 6.50 Å². The second-order valence-corrected chi connectivity index (χ2v) is 14.5. The van der Waals surface area contributed by atoms with Gasteiger partial charge in [-0.15, -0.1) is 0 Å². The molecule has 0 saturated heterocycles. The van der Waals surface area contributed by atoms with E-state index in [0.29, 0.717) is 50.1 Å². The van der Waals surface area contributed by atoms with E-state index in [4.69, 9.17) is 38.2 Å².